The Balaban J connectivity index is 2.00. The number of ether oxygens (including phenoxy) is 2. The van der Waals surface area contributed by atoms with Gasteiger partial charge in [-0.2, -0.15) is 0 Å². The lowest BCUT2D eigenvalue weighted by atomic mass is 10.0. The van der Waals surface area contributed by atoms with Gasteiger partial charge in [0, 0.05) is 35.1 Å². The van der Waals surface area contributed by atoms with Gasteiger partial charge in [0.05, 0.1) is 29.0 Å². The molecule has 1 aliphatic heterocycles. The van der Waals surface area contributed by atoms with Crippen LogP contribution in [0.5, 0.6) is 5.75 Å². The zero-order chi connectivity index (χ0) is 27.6. The van der Waals surface area contributed by atoms with E-state index in [0.29, 0.717) is 32.7 Å². The van der Waals surface area contributed by atoms with E-state index in [1.165, 1.54) is 0 Å². The molecule has 9 heteroatoms. The summed E-state index contributed by atoms with van der Waals surface area (Å²) in [6, 6.07) is 12.4. The Morgan fingerprint density at radius 2 is 1.61 bits per heavy atom. The van der Waals surface area contributed by atoms with Crippen LogP contribution in [0.2, 0.25) is 10.0 Å². The van der Waals surface area contributed by atoms with Crippen LogP contribution in [0.25, 0.3) is 16.9 Å². The Hall–Kier alpha value is -3.00. The fourth-order valence-electron chi connectivity index (χ4n) is 4.69. The Labute approximate surface area is 233 Å². The lowest BCUT2D eigenvalue weighted by Crippen LogP contribution is -2.45. The van der Waals surface area contributed by atoms with Gasteiger partial charge in [-0.3, -0.25) is 10.2 Å². The van der Waals surface area contributed by atoms with Crippen molar-refractivity contribution < 1.29 is 19.1 Å². The molecule has 1 saturated heterocycles. The van der Waals surface area contributed by atoms with Gasteiger partial charge in [-0.25, -0.2) is 9.80 Å². The van der Waals surface area contributed by atoms with Gasteiger partial charge in [-0.1, -0.05) is 29.6 Å². The highest BCUT2D eigenvalue weighted by atomic mass is 35.5. The van der Waals surface area contributed by atoms with E-state index in [1.807, 2.05) is 40.8 Å². The largest absolute Gasteiger partial charge is 0.497 e. The van der Waals surface area contributed by atoms with Gasteiger partial charge in [0.15, 0.2) is 0 Å². The molecule has 0 saturated carbocycles. The predicted molar refractivity (Wildman–Crippen MR) is 151 cm³/mol. The minimum atomic E-state index is -0.783. The van der Waals surface area contributed by atoms with Gasteiger partial charge in [0.2, 0.25) is 0 Å². The average Bonchev–Trinajstić information content (AvgIpc) is 3.16. The number of piperidine rings is 1. The van der Waals surface area contributed by atoms with Gasteiger partial charge < -0.3 is 14.0 Å². The van der Waals surface area contributed by atoms with Crippen molar-refractivity contribution in [2.75, 3.05) is 20.2 Å². The monoisotopic (exact) mass is 557 g/mol. The highest BCUT2D eigenvalue weighted by Crippen LogP contribution is 2.40. The van der Waals surface area contributed by atoms with Crippen LogP contribution in [0.3, 0.4) is 0 Å². The molecule has 0 radical (unpaired) electrons. The molecule has 202 valence electrons. The normalized spacial score (nSPS) is 14.3. The van der Waals surface area contributed by atoms with Crippen LogP contribution in [0, 0.1) is 6.92 Å². The third kappa shape index (κ3) is 6.01. The van der Waals surface area contributed by atoms with Crippen LogP contribution in [-0.4, -0.2) is 47.3 Å². The molecule has 0 bridgehead atoms. The number of halogens is 2. The van der Waals surface area contributed by atoms with Crippen molar-refractivity contribution >= 4 is 35.1 Å². The van der Waals surface area contributed by atoms with E-state index in [1.54, 1.807) is 46.1 Å². The molecule has 1 N–H and O–H groups in total. The van der Waals surface area contributed by atoms with Crippen LogP contribution in [0.15, 0.2) is 42.5 Å². The number of benzene rings is 2. The first kappa shape index (κ1) is 28.0. The van der Waals surface area contributed by atoms with Crippen molar-refractivity contribution in [3.63, 3.8) is 0 Å². The maximum Gasteiger partial charge on any atom is 0.341 e. The van der Waals surface area contributed by atoms with Gasteiger partial charge in [0.1, 0.15) is 11.4 Å². The van der Waals surface area contributed by atoms with E-state index in [4.69, 9.17) is 32.7 Å². The van der Waals surface area contributed by atoms with Gasteiger partial charge in [-0.05, 0) is 83.0 Å². The fourth-order valence-corrected chi connectivity index (χ4v) is 5.19. The number of carbonyl (C=O) groups excluding carboxylic acids is 2. The molecule has 0 spiro atoms. The van der Waals surface area contributed by atoms with Crippen molar-refractivity contribution in [3.8, 4) is 22.7 Å². The van der Waals surface area contributed by atoms with Crippen LogP contribution in [0.1, 0.15) is 66.4 Å². The lowest BCUT2D eigenvalue weighted by Gasteiger charge is -2.27. The second-order valence-corrected chi connectivity index (χ2v) is 11.2. The zero-order valence-electron chi connectivity index (χ0n) is 22.4. The highest BCUT2D eigenvalue weighted by molar-refractivity contribution is 6.36. The van der Waals surface area contributed by atoms with E-state index in [0.717, 1.165) is 38.0 Å². The van der Waals surface area contributed by atoms with Gasteiger partial charge in [-0.15, -0.1) is 0 Å². The number of hydrogen-bond acceptors (Lipinski definition) is 5. The molecule has 2 aromatic carbocycles. The molecular weight excluding hydrogens is 525 g/mol. The average molecular weight is 559 g/mol. The molecule has 4 rings (SSSR count). The molecule has 0 unspecified atom stereocenters. The van der Waals surface area contributed by atoms with E-state index < -0.39 is 11.6 Å². The van der Waals surface area contributed by atoms with Crippen LogP contribution < -0.4 is 10.2 Å². The van der Waals surface area contributed by atoms with E-state index in [9.17, 15) is 9.59 Å². The van der Waals surface area contributed by atoms with Crippen molar-refractivity contribution in [1.29, 1.82) is 0 Å². The molecule has 38 heavy (non-hydrogen) atoms. The SMILES string of the molecule is COc1ccc(-n2c(C)c(C(=O)NN3CCCCC3)c(C(=O)OC(C)(C)C)c2-c2ccc(Cl)cc2Cl)cc1. The Morgan fingerprint density at radius 3 is 2.18 bits per heavy atom. The summed E-state index contributed by atoms with van der Waals surface area (Å²) in [6.07, 6.45) is 3.12. The minimum Gasteiger partial charge on any atom is -0.497 e. The highest BCUT2D eigenvalue weighted by Gasteiger charge is 2.35. The van der Waals surface area contributed by atoms with Gasteiger partial charge in [0.25, 0.3) is 5.91 Å². The molecule has 1 aromatic heterocycles. The van der Waals surface area contributed by atoms with Crippen molar-refractivity contribution in [2.45, 2.75) is 52.6 Å². The standard InChI is InChI=1S/C29H33Cl2N3O4/c1-18-24(27(35)32-33-15-7-6-8-16-33)25(28(36)38-29(2,3)4)26(22-14-9-19(30)17-23(22)31)34(18)20-10-12-21(37-5)13-11-20/h9-14,17H,6-8,15-16H2,1-5H3,(H,32,35). The first-order valence-electron chi connectivity index (χ1n) is 12.6. The lowest BCUT2D eigenvalue weighted by molar-refractivity contribution is 0.00680. The summed E-state index contributed by atoms with van der Waals surface area (Å²) in [5, 5.41) is 2.71. The molecule has 2 heterocycles. The summed E-state index contributed by atoms with van der Waals surface area (Å²) in [5.74, 6) is -0.304. The molecule has 7 nitrogen and oxygen atoms in total. The summed E-state index contributed by atoms with van der Waals surface area (Å²) in [4.78, 5) is 27.7. The number of nitrogens with zero attached hydrogens (tertiary/aromatic N) is 2. The number of hydrogen-bond donors (Lipinski definition) is 1. The molecule has 1 fully saturated rings. The number of methoxy groups -OCH3 is 1. The number of rotatable bonds is 6. The quantitative estimate of drug-likeness (QED) is 0.335. The third-order valence-corrected chi connectivity index (χ3v) is 6.92. The number of hydrazine groups is 1. The second-order valence-electron chi connectivity index (χ2n) is 10.3. The first-order valence-corrected chi connectivity index (χ1v) is 13.4. The van der Waals surface area contributed by atoms with Crippen LogP contribution in [-0.2, 0) is 4.74 Å². The topological polar surface area (TPSA) is 72.8 Å². The molecule has 0 aliphatic carbocycles. The summed E-state index contributed by atoms with van der Waals surface area (Å²) < 4.78 is 13.0. The van der Waals surface area contributed by atoms with Crippen molar-refractivity contribution in [1.82, 2.24) is 15.0 Å². The van der Waals surface area contributed by atoms with E-state index in [-0.39, 0.29) is 17.0 Å². The molecular formula is C29H33Cl2N3O4. The molecule has 0 atom stereocenters. The fraction of sp³-hybridized carbons (Fsp3) is 0.379. The van der Waals surface area contributed by atoms with Crippen LogP contribution in [0.4, 0.5) is 0 Å². The summed E-state index contributed by atoms with van der Waals surface area (Å²) in [6.45, 7) is 8.70. The summed E-state index contributed by atoms with van der Waals surface area (Å²) in [7, 11) is 1.60. The summed E-state index contributed by atoms with van der Waals surface area (Å²) >= 11 is 12.9. The molecule has 1 amide bonds. The van der Waals surface area contributed by atoms with Crippen molar-refractivity contribution in [2.24, 2.45) is 0 Å². The Morgan fingerprint density at radius 1 is 0.947 bits per heavy atom. The summed E-state index contributed by atoms with van der Waals surface area (Å²) in [5.41, 5.74) is 4.92. The predicted octanol–water partition coefficient (Wildman–Crippen LogP) is 6.85. The Bertz CT molecular complexity index is 1340. The van der Waals surface area contributed by atoms with E-state index >= 15 is 0 Å². The number of amides is 1. The number of aromatic nitrogens is 1. The number of nitrogens with one attached hydrogen (secondary N) is 1. The number of carbonyl (C=O) groups is 2. The minimum absolute atomic E-state index is 0.145. The molecule has 3 aromatic rings. The van der Waals surface area contributed by atoms with E-state index in [2.05, 4.69) is 5.43 Å². The van der Waals surface area contributed by atoms with Gasteiger partial charge >= 0.3 is 5.97 Å². The third-order valence-electron chi connectivity index (χ3n) is 6.37. The zero-order valence-corrected chi connectivity index (χ0v) is 23.9. The van der Waals surface area contributed by atoms with Crippen molar-refractivity contribution in [3.05, 3.63) is 69.3 Å². The van der Waals surface area contributed by atoms with Crippen LogP contribution >= 0.6 is 23.2 Å². The number of esters is 1. The molecule has 1 aliphatic rings. The maximum absolute atomic E-state index is 13.8. The maximum atomic E-state index is 13.8. The Kier molecular flexibility index (Phi) is 8.40. The smallest absolute Gasteiger partial charge is 0.341 e. The second kappa shape index (κ2) is 11.4. The first-order chi connectivity index (χ1) is 18.0.